The van der Waals surface area contributed by atoms with Gasteiger partial charge in [-0.3, -0.25) is 9.69 Å². The number of rotatable bonds is 7. The van der Waals surface area contributed by atoms with Crippen LogP contribution in [0, 0.1) is 0 Å². The summed E-state index contributed by atoms with van der Waals surface area (Å²) < 4.78 is 6.88. The van der Waals surface area contributed by atoms with Crippen LogP contribution in [0.15, 0.2) is 83.3 Å². The van der Waals surface area contributed by atoms with Gasteiger partial charge in [0.15, 0.2) is 5.60 Å². The van der Waals surface area contributed by atoms with Crippen LogP contribution in [0.25, 0.3) is 0 Å². The molecule has 6 heteroatoms. The first-order chi connectivity index (χ1) is 15.9. The second-order valence-electron chi connectivity index (χ2n) is 8.82. The minimum Gasteiger partial charge on any atom is -0.478 e. The lowest BCUT2D eigenvalue weighted by atomic mass is 10.1. The minimum atomic E-state index is -0.998. The smallest absolute Gasteiger partial charge is 0.267 e. The largest absolute Gasteiger partial charge is 0.478 e. The molecule has 3 aromatic carbocycles. The Morgan fingerprint density at radius 2 is 1.55 bits per heavy atom. The van der Waals surface area contributed by atoms with Crippen LogP contribution in [0.2, 0.25) is 0 Å². The van der Waals surface area contributed by atoms with Crippen molar-refractivity contribution in [2.75, 3.05) is 36.4 Å². The molecular formula is C27H30BrN3O2. The first-order valence-electron chi connectivity index (χ1n) is 11.3. The highest BCUT2D eigenvalue weighted by Crippen LogP contribution is 2.24. The minimum absolute atomic E-state index is 0.187. The molecule has 172 valence electrons. The summed E-state index contributed by atoms with van der Waals surface area (Å²) in [7, 11) is 0. The highest BCUT2D eigenvalue weighted by molar-refractivity contribution is 9.10. The molecule has 0 aliphatic carbocycles. The number of carbonyl (C=O) groups excluding carboxylic acids is 1. The number of hydrogen-bond acceptors (Lipinski definition) is 4. The fraction of sp³-hybridized carbons (Fsp3) is 0.296. The molecule has 0 spiro atoms. The average molecular weight is 508 g/mol. The van der Waals surface area contributed by atoms with Crippen LogP contribution in [0.5, 0.6) is 5.75 Å². The van der Waals surface area contributed by atoms with Gasteiger partial charge in [0.25, 0.3) is 5.91 Å². The van der Waals surface area contributed by atoms with Gasteiger partial charge < -0.3 is 15.0 Å². The monoisotopic (exact) mass is 507 g/mol. The van der Waals surface area contributed by atoms with Gasteiger partial charge >= 0.3 is 0 Å². The van der Waals surface area contributed by atoms with Gasteiger partial charge in [0.1, 0.15) is 5.75 Å². The van der Waals surface area contributed by atoms with Gasteiger partial charge in [0.05, 0.1) is 0 Å². The molecule has 0 aromatic heterocycles. The Hall–Kier alpha value is -2.83. The molecule has 3 aromatic rings. The molecule has 1 N–H and O–H groups in total. The second-order valence-corrected chi connectivity index (χ2v) is 9.73. The van der Waals surface area contributed by atoms with E-state index >= 15 is 0 Å². The van der Waals surface area contributed by atoms with E-state index in [-0.39, 0.29) is 5.91 Å². The van der Waals surface area contributed by atoms with Crippen LogP contribution in [0.3, 0.4) is 0 Å². The highest BCUT2D eigenvalue weighted by Gasteiger charge is 2.30. The van der Waals surface area contributed by atoms with Gasteiger partial charge in [-0.15, -0.1) is 0 Å². The van der Waals surface area contributed by atoms with Gasteiger partial charge in [-0.05, 0) is 67.9 Å². The number of amides is 1. The van der Waals surface area contributed by atoms with Crippen molar-refractivity contribution in [2.45, 2.75) is 26.0 Å². The van der Waals surface area contributed by atoms with Crippen molar-refractivity contribution >= 4 is 33.2 Å². The lowest BCUT2D eigenvalue weighted by molar-refractivity contribution is -0.128. The fourth-order valence-corrected chi connectivity index (χ4v) is 4.15. The predicted molar refractivity (Wildman–Crippen MR) is 138 cm³/mol. The highest BCUT2D eigenvalue weighted by atomic mass is 79.9. The molecule has 0 bridgehead atoms. The van der Waals surface area contributed by atoms with E-state index < -0.39 is 5.60 Å². The van der Waals surface area contributed by atoms with Crippen LogP contribution >= 0.6 is 15.9 Å². The summed E-state index contributed by atoms with van der Waals surface area (Å²) in [6, 6.07) is 26.2. The third-order valence-corrected chi connectivity index (χ3v) is 6.37. The second kappa shape index (κ2) is 10.4. The molecule has 0 saturated carbocycles. The first kappa shape index (κ1) is 23.3. The van der Waals surface area contributed by atoms with Crippen LogP contribution in [0.1, 0.15) is 19.4 Å². The Labute approximate surface area is 204 Å². The van der Waals surface area contributed by atoms with E-state index in [0.717, 1.165) is 42.9 Å². The molecule has 0 unspecified atom stereocenters. The predicted octanol–water partition coefficient (Wildman–Crippen LogP) is 5.57. The zero-order valence-corrected chi connectivity index (χ0v) is 20.7. The molecular weight excluding hydrogens is 478 g/mol. The van der Waals surface area contributed by atoms with Crippen molar-refractivity contribution in [2.24, 2.45) is 0 Å². The van der Waals surface area contributed by atoms with Gasteiger partial charge in [0, 0.05) is 48.6 Å². The standard InChI is InChI=1S/C27H30BrN3O2/c1-27(2,33-25-14-8-22(28)9-15-25)26(32)29-23-10-12-24(13-11-23)31-18-16-30(17-19-31)20-21-6-4-3-5-7-21/h3-15H,16-20H2,1-2H3,(H,29,32). The van der Waals surface area contributed by atoms with Crippen molar-refractivity contribution in [3.63, 3.8) is 0 Å². The number of halogens is 1. The third kappa shape index (κ3) is 6.36. The number of hydrogen-bond donors (Lipinski definition) is 1. The molecule has 1 aliphatic rings. The van der Waals surface area contributed by atoms with E-state index in [9.17, 15) is 4.79 Å². The molecule has 33 heavy (non-hydrogen) atoms. The summed E-state index contributed by atoms with van der Waals surface area (Å²) >= 11 is 3.41. The summed E-state index contributed by atoms with van der Waals surface area (Å²) in [5, 5.41) is 2.98. The number of anilines is 2. The number of nitrogens with one attached hydrogen (secondary N) is 1. The van der Waals surface area contributed by atoms with E-state index in [2.05, 4.69) is 73.5 Å². The normalized spacial score (nSPS) is 14.7. The molecule has 4 rings (SSSR count). The SMILES string of the molecule is CC(C)(Oc1ccc(Br)cc1)C(=O)Nc1ccc(N2CCN(Cc3ccccc3)CC2)cc1. The molecule has 1 amide bonds. The molecule has 1 fully saturated rings. The number of benzene rings is 3. The topological polar surface area (TPSA) is 44.8 Å². The fourth-order valence-electron chi connectivity index (χ4n) is 3.89. The maximum absolute atomic E-state index is 12.8. The van der Waals surface area contributed by atoms with Crippen LogP contribution in [-0.2, 0) is 11.3 Å². The quantitative estimate of drug-likeness (QED) is 0.454. The number of piperazine rings is 1. The Balaban J connectivity index is 1.29. The summed E-state index contributed by atoms with van der Waals surface area (Å²) in [4.78, 5) is 17.7. The van der Waals surface area contributed by atoms with E-state index in [4.69, 9.17) is 4.74 Å². The van der Waals surface area contributed by atoms with Gasteiger partial charge in [-0.1, -0.05) is 46.3 Å². The zero-order chi connectivity index (χ0) is 23.3. The molecule has 1 saturated heterocycles. The van der Waals surface area contributed by atoms with Crippen molar-refractivity contribution in [1.29, 1.82) is 0 Å². The maximum atomic E-state index is 12.8. The number of ether oxygens (including phenoxy) is 1. The summed E-state index contributed by atoms with van der Waals surface area (Å²) in [5.74, 6) is 0.466. The number of nitrogens with zero attached hydrogens (tertiary/aromatic N) is 2. The molecule has 0 radical (unpaired) electrons. The van der Waals surface area contributed by atoms with Crippen molar-refractivity contribution in [3.05, 3.63) is 88.9 Å². The maximum Gasteiger partial charge on any atom is 0.267 e. The van der Waals surface area contributed by atoms with Gasteiger partial charge in [-0.25, -0.2) is 0 Å². The van der Waals surface area contributed by atoms with E-state index in [1.807, 2.05) is 36.4 Å². The summed E-state index contributed by atoms with van der Waals surface area (Å²) in [6.45, 7) is 8.60. The average Bonchev–Trinajstić information content (AvgIpc) is 2.82. The first-order valence-corrected chi connectivity index (χ1v) is 12.1. The Morgan fingerprint density at radius 3 is 2.18 bits per heavy atom. The summed E-state index contributed by atoms with van der Waals surface area (Å²) in [6.07, 6.45) is 0. The van der Waals surface area contributed by atoms with Gasteiger partial charge in [-0.2, -0.15) is 0 Å². The lowest BCUT2D eigenvalue weighted by Gasteiger charge is -2.36. The van der Waals surface area contributed by atoms with E-state index in [1.165, 1.54) is 11.3 Å². The van der Waals surface area contributed by atoms with Crippen molar-refractivity contribution in [1.82, 2.24) is 4.90 Å². The van der Waals surface area contributed by atoms with Crippen LogP contribution in [-0.4, -0.2) is 42.6 Å². The van der Waals surface area contributed by atoms with E-state index in [0.29, 0.717) is 5.75 Å². The third-order valence-electron chi connectivity index (χ3n) is 5.85. The Kier molecular flexibility index (Phi) is 7.36. The van der Waals surface area contributed by atoms with Crippen LogP contribution in [0.4, 0.5) is 11.4 Å². The van der Waals surface area contributed by atoms with Gasteiger partial charge in [0.2, 0.25) is 0 Å². The zero-order valence-electron chi connectivity index (χ0n) is 19.1. The lowest BCUT2D eigenvalue weighted by Crippen LogP contribution is -2.46. The van der Waals surface area contributed by atoms with Crippen LogP contribution < -0.4 is 15.0 Å². The molecule has 5 nitrogen and oxygen atoms in total. The molecule has 1 heterocycles. The number of carbonyl (C=O) groups is 1. The Bertz CT molecular complexity index is 1040. The van der Waals surface area contributed by atoms with E-state index in [1.54, 1.807) is 13.8 Å². The van der Waals surface area contributed by atoms with Crippen molar-refractivity contribution in [3.8, 4) is 5.75 Å². The molecule has 0 atom stereocenters. The molecule has 1 aliphatic heterocycles. The Morgan fingerprint density at radius 1 is 0.909 bits per heavy atom. The summed E-state index contributed by atoms with van der Waals surface area (Å²) in [5.41, 5.74) is 2.30. The van der Waals surface area contributed by atoms with Crippen molar-refractivity contribution < 1.29 is 9.53 Å².